The van der Waals surface area contributed by atoms with Gasteiger partial charge in [-0.2, -0.15) is 0 Å². The van der Waals surface area contributed by atoms with E-state index in [1.807, 2.05) is 30.3 Å². The second kappa shape index (κ2) is 6.61. The number of halogens is 2. The number of H-pyrrole nitrogens is 1. The molecule has 2 aromatic heterocycles. The molecule has 0 bridgehead atoms. The summed E-state index contributed by atoms with van der Waals surface area (Å²) in [5.74, 6) is -0.351. The van der Waals surface area contributed by atoms with Gasteiger partial charge in [-0.05, 0) is 42.0 Å². The maximum absolute atomic E-state index is 15.0. The number of carbonyl (C=O) groups excluding carboxylic acids is 1. The lowest BCUT2D eigenvalue weighted by atomic mass is 10.0. The number of fused-ring (bicyclic) bond motifs is 1. The number of imidazole rings is 1. The lowest BCUT2D eigenvalue weighted by molar-refractivity contribution is 0.251. The molecule has 2 N–H and O–H groups in total. The number of aromatic nitrogens is 2. The molecule has 0 spiro atoms. The van der Waals surface area contributed by atoms with Crippen molar-refractivity contribution in [1.29, 1.82) is 0 Å². The van der Waals surface area contributed by atoms with Gasteiger partial charge in [-0.1, -0.05) is 23.7 Å². The van der Waals surface area contributed by atoms with Crippen molar-refractivity contribution in [2.45, 2.75) is 6.04 Å². The van der Waals surface area contributed by atoms with E-state index in [4.69, 9.17) is 11.6 Å². The molecule has 1 atom stereocenters. The maximum atomic E-state index is 15.0. The molecule has 1 saturated heterocycles. The number of anilines is 1. The van der Waals surface area contributed by atoms with Crippen LogP contribution in [0.2, 0.25) is 4.34 Å². The number of carbonyl (C=O) groups is 1. The third-order valence-corrected chi connectivity index (χ3v) is 6.16. The minimum absolute atomic E-state index is 0.252. The summed E-state index contributed by atoms with van der Waals surface area (Å²) in [5, 5.41) is 2.81. The molecular formula is C20H14ClFN4OS. The molecule has 2 aromatic carbocycles. The highest BCUT2D eigenvalue weighted by atomic mass is 35.5. The molecule has 5 nitrogen and oxygen atoms in total. The van der Waals surface area contributed by atoms with Gasteiger partial charge >= 0.3 is 6.03 Å². The number of hydrogen-bond donors (Lipinski definition) is 2. The summed E-state index contributed by atoms with van der Waals surface area (Å²) in [6.07, 6.45) is 1.60. The van der Waals surface area contributed by atoms with Gasteiger partial charge in [-0.25, -0.2) is 14.2 Å². The first-order valence-electron chi connectivity index (χ1n) is 8.65. The average molecular weight is 413 g/mol. The predicted molar refractivity (Wildman–Crippen MR) is 109 cm³/mol. The predicted octanol–water partition coefficient (Wildman–Crippen LogP) is 5.35. The topological polar surface area (TPSA) is 61.0 Å². The maximum Gasteiger partial charge on any atom is 0.322 e. The third kappa shape index (κ3) is 2.83. The van der Waals surface area contributed by atoms with E-state index in [-0.39, 0.29) is 11.8 Å². The fraction of sp³-hybridized carbons (Fsp3) is 0.100. The zero-order valence-electron chi connectivity index (χ0n) is 14.4. The molecule has 140 valence electrons. The van der Waals surface area contributed by atoms with Gasteiger partial charge < -0.3 is 10.3 Å². The minimum atomic E-state index is -0.436. The Morgan fingerprint density at radius 1 is 1.18 bits per heavy atom. The number of thiophene rings is 1. The molecule has 1 aliphatic rings. The monoisotopic (exact) mass is 412 g/mol. The van der Waals surface area contributed by atoms with Crippen molar-refractivity contribution in [2.24, 2.45) is 0 Å². The Morgan fingerprint density at radius 3 is 2.86 bits per heavy atom. The fourth-order valence-corrected chi connectivity index (χ4v) is 4.58. The van der Waals surface area contributed by atoms with Crippen molar-refractivity contribution in [1.82, 2.24) is 15.3 Å². The quantitative estimate of drug-likeness (QED) is 0.476. The van der Waals surface area contributed by atoms with Gasteiger partial charge in [0.05, 0.1) is 27.7 Å². The Balaban J connectivity index is 1.53. The molecule has 1 unspecified atom stereocenters. The molecule has 1 aliphatic heterocycles. The Morgan fingerprint density at radius 2 is 2.07 bits per heavy atom. The Hall–Kier alpha value is -2.90. The normalized spacial score (nSPS) is 16.7. The van der Waals surface area contributed by atoms with Gasteiger partial charge in [-0.15, -0.1) is 11.3 Å². The number of hydrogen-bond acceptors (Lipinski definition) is 3. The summed E-state index contributed by atoms with van der Waals surface area (Å²) in [5.41, 5.74) is 3.55. The van der Waals surface area contributed by atoms with Crippen LogP contribution in [0.15, 0.2) is 54.9 Å². The lowest BCUT2D eigenvalue weighted by Gasteiger charge is -2.24. The smallest absolute Gasteiger partial charge is 0.322 e. The van der Waals surface area contributed by atoms with Crippen molar-refractivity contribution < 1.29 is 9.18 Å². The van der Waals surface area contributed by atoms with Crippen molar-refractivity contribution in [3.8, 4) is 10.4 Å². The van der Waals surface area contributed by atoms with Crippen LogP contribution in [0.5, 0.6) is 0 Å². The molecular weight excluding hydrogens is 399 g/mol. The minimum Gasteiger partial charge on any atom is -0.345 e. The number of amides is 2. The van der Waals surface area contributed by atoms with E-state index in [0.29, 0.717) is 22.1 Å². The van der Waals surface area contributed by atoms with E-state index >= 15 is 4.39 Å². The molecule has 28 heavy (non-hydrogen) atoms. The molecule has 0 saturated carbocycles. The van der Waals surface area contributed by atoms with E-state index in [2.05, 4.69) is 15.3 Å². The molecule has 5 rings (SSSR count). The number of urea groups is 1. The molecule has 0 radical (unpaired) electrons. The van der Waals surface area contributed by atoms with Crippen LogP contribution in [-0.2, 0) is 0 Å². The van der Waals surface area contributed by atoms with E-state index in [9.17, 15) is 4.79 Å². The summed E-state index contributed by atoms with van der Waals surface area (Å²) in [7, 11) is 0. The van der Waals surface area contributed by atoms with Gasteiger partial charge in [0.1, 0.15) is 5.82 Å². The molecule has 4 aromatic rings. The SMILES string of the molecule is O=C1NCC(c2ccc(-c3ccc(Cl)s3)cc2F)N1c1ccc2nc[nH]c2c1. The summed E-state index contributed by atoms with van der Waals surface area (Å²) in [4.78, 5) is 22.2. The largest absolute Gasteiger partial charge is 0.345 e. The number of nitrogens with one attached hydrogen (secondary N) is 2. The van der Waals surface area contributed by atoms with Crippen LogP contribution in [0.25, 0.3) is 21.5 Å². The van der Waals surface area contributed by atoms with Gasteiger partial charge in [-0.3, -0.25) is 4.90 Å². The van der Waals surface area contributed by atoms with E-state index in [1.165, 1.54) is 17.4 Å². The first kappa shape index (κ1) is 17.2. The Labute approximate surface area is 168 Å². The second-order valence-corrected chi connectivity index (χ2v) is 8.23. The highest BCUT2D eigenvalue weighted by Gasteiger charge is 2.35. The third-order valence-electron chi connectivity index (χ3n) is 4.88. The van der Waals surface area contributed by atoms with Crippen molar-refractivity contribution in [3.05, 3.63) is 70.6 Å². The first-order chi connectivity index (χ1) is 13.6. The van der Waals surface area contributed by atoms with E-state index in [0.717, 1.165) is 21.5 Å². The second-order valence-electron chi connectivity index (χ2n) is 6.52. The fourth-order valence-electron chi connectivity index (χ4n) is 3.54. The highest BCUT2D eigenvalue weighted by Crippen LogP contribution is 2.36. The van der Waals surface area contributed by atoms with Crippen molar-refractivity contribution in [2.75, 3.05) is 11.4 Å². The van der Waals surface area contributed by atoms with Crippen LogP contribution in [0.4, 0.5) is 14.9 Å². The van der Waals surface area contributed by atoms with Crippen LogP contribution < -0.4 is 10.2 Å². The molecule has 2 amide bonds. The van der Waals surface area contributed by atoms with E-state index < -0.39 is 6.04 Å². The van der Waals surface area contributed by atoms with Gasteiger partial charge in [0.25, 0.3) is 0 Å². The van der Waals surface area contributed by atoms with Crippen LogP contribution in [-0.4, -0.2) is 22.5 Å². The number of rotatable bonds is 3. The summed E-state index contributed by atoms with van der Waals surface area (Å²) in [6, 6.07) is 13.6. The van der Waals surface area contributed by atoms with Gasteiger partial charge in [0, 0.05) is 22.7 Å². The first-order valence-corrected chi connectivity index (χ1v) is 9.85. The molecule has 8 heteroatoms. The van der Waals surface area contributed by atoms with E-state index in [1.54, 1.807) is 23.4 Å². The van der Waals surface area contributed by atoms with Gasteiger partial charge in [0.15, 0.2) is 0 Å². The van der Waals surface area contributed by atoms with Crippen LogP contribution in [0.1, 0.15) is 11.6 Å². The zero-order chi connectivity index (χ0) is 19.3. The molecule has 1 fully saturated rings. The number of aromatic amines is 1. The molecule has 0 aliphatic carbocycles. The number of benzene rings is 2. The zero-order valence-corrected chi connectivity index (χ0v) is 16.0. The summed E-state index contributed by atoms with van der Waals surface area (Å²) < 4.78 is 15.7. The average Bonchev–Trinajstić information content (AvgIpc) is 3.40. The Kier molecular flexibility index (Phi) is 4.07. The molecule has 3 heterocycles. The van der Waals surface area contributed by atoms with Crippen LogP contribution in [0.3, 0.4) is 0 Å². The Bertz CT molecular complexity index is 1200. The summed E-state index contributed by atoms with van der Waals surface area (Å²) >= 11 is 7.39. The van der Waals surface area contributed by atoms with Gasteiger partial charge in [0.2, 0.25) is 0 Å². The highest BCUT2D eigenvalue weighted by molar-refractivity contribution is 7.19. The van der Waals surface area contributed by atoms with Crippen LogP contribution >= 0.6 is 22.9 Å². The van der Waals surface area contributed by atoms with Crippen molar-refractivity contribution >= 4 is 45.7 Å². The summed E-state index contributed by atoms with van der Waals surface area (Å²) in [6.45, 7) is 0.334. The standard InChI is InChI=1S/C20H14ClFN4OS/c21-19-6-5-18(28-19)11-1-3-13(14(22)7-11)17-9-23-20(27)26(17)12-2-4-15-16(8-12)25-10-24-15/h1-8,10,17H,9H2,(H,23,27)(H,24,25). The van der Waals surface area contributed by atoms with Crippen LogP contribution in [0, 0.1) is 5.82 Å². The lowest BCUT2D eigenvalue weighted by Crippen LogP contribution is -2.30. The number of nitrogens with zero attached hydrogens (tertiary/aromatic N) is 2. The van der Waals surface area contributed by atoms with Crippen molar-refractivity contribution in [3.63, 3.8) is 0 Å².